The zero-order valence-corrected chi connectivity index (χ0v) is 10.1. The molecule has 0 saturated carbocycles. The van der Waals surface area contributed by atoms with E-state index in [1.54, 1.807) is 6.07 Å². The lowest BCUT2D eigenvalue weighted by atomic mass is 10.5. The van der Waals surface area contributed by atoms with E-state index in [0.717, 1.165) is 6.26 Å². The fraction of sp³-hybridized carbons (Fsp3) is 0.167. The number of rotatable bonds is 1. The summed E-state index contributed by atoms with van der Waals surface area (Å²) in [6.07, 6.45) is 1.14. The lowest BCUT2D eigenvalue weighted by Gasteiger charge is -2.00. The second kappa shape index (κ2) is 3.43. The second-order valence-corrected chi connectivity index (χ2v) is 5.74. The average molecular weight is 315 g/mol. The molecule has 12 heavy (non-hydrogen) atoms. The predicted octanol–water partition coefficient (Wildman–Crippen LogP) is 2.01. The molecule has 0 spiro atoms. The van der Waals surface area contributed by atoms with Crippen molar-refractivity contribution in [2.24, 2.45) is 0 Å². The Balaban J connectivity index is 3.39. The monoisotopic (exact) mass is 313 g/mol. The van der Waals surface area contributed by atoms with Crippen molar-refractivity contribution in [3.05, 3.63) is 21.3 Å². The number of pyridine rings is 1. The van der Waals surface area contributed by atoms with E-state index >= 15 is 0 Å². The number of aromatic nitrogens is 1. The van der Waals surface area contributed by atoms with Crippen LogP contribution in [0.5, 0.6) is 0 Å². The van der Waals surface area contributed by atoms with Crippen LogP contribution < -0.4 is 0 Å². The SMILES string of the molecule is CS(=O)(=O)c1ccc(Br)nc1Br. The van der Waals surface area contributed by atoms with E-state index in [-0.39, 0.29) is 4.90 Å². The van der Waals surface area contributed by atoms with Gasteiger partial charge >= 0.3 is 0 Å². The van der Waals surface area contributed by atoms with Crippen molar-refractivity contribution in [3.8, 4) is 0 Å². The summed E-state index contributed by atoms with van der Waals surface area (Å²) >= 11 is 6.19. The molecule has 0 N–H and O–H groups in total. The maximum absolute atomic E-state index is 11.1. The quantitative estimate of drug-likeness (QED) is 0.745. The smallest absolute Gasteiger partial charge is 0.178 e. The fourth-order valence-corrected chi connectivity index (χ4v) is 3.10. The van der Waals surface area contributed by atoms with Crippen LogP contribution in [-0.4, -0.2) is 19.7 Å². The number of hydrogen-bond donors (Lipinski definition) is 0. The molecule has 0 aromatic carbocycles. The van der Waals surface area contributed by atoms with Crippen molar-refractivity contribution in [3.63, 3.8) is 0 Å². The van der Waals surface area contributed by atoms with Gasteiger partial charge in [-0.2, -0.15) is 0 Å². The van der Waals surface area contributed by atoms with E-state index in [1.807, 2.05) is 0 Å². The average Bonchev–Trinajstić information content (AvgIpc) is 1.83. The summed E-state index contributed by atoms with van der Waals surface area (Å²) in [6.45, 7) is 0. The Kier molecular flexibility index (Phi) is 2.90. The van der Waals surface area contributed by atoms with Gasteiger partial charge in [0, 0.05) is 6.26 Å². The first-order valence-electron chi connectivity index (χ1n) is 2.93. The van der Waals surface area contributed by atoms with Crippen LogP contribution in [0.4, 0.5) is 0 Å². The van der Waals surface area contributed by atoms with Crippen LogP contribution in [0.25, 0.3) is 0 Å². The van der Waals surface area contributed by atoms with Gasteiger partial charge in [-0.25, -0.2) is 13.4 Å². The van der Waals surface area contributed by atoms with Gasteiger partial charge in [0.05, 0.1) is 4.90 Å². The molecule has 0 saturated heterocycles. The van der Waals surface area contributed by atoms with Crippen LogP contribution in [0, 0.1) is 0 Å². The van der Waals surface area contributed by atoms with Gasteiger partial charge in [-0.3, -0.25) is 0 Å². The maximum Gasteiger partial charge on any atom is 0.178 e. The summed E-state index contributed by atoms with van der Waals surface area (Å²) in [4.78, 5) is 4.09. The van der Waals surface area contributed by atoms with Gasteiger partial charge in [0.25, 0.3) is 0 Å². The molecule has 0 aliphatic rings. The highest BCUT2D eigenvalue weighted by Crippen LogP contribution is 2.21. The molecule has 0 fully saturated rings. The molecule has 0 aliphatic carbocycles. The van der Waals surface area contributed by atoms with E-state index in [4.69, 9.17) is 0 Å². The Labute approximate surface area is 87.4 Å². The molecule has 1 aromatic heterocycles. The van der Waals surface area contributed by atoms with Gasteiger partial charge in [-0.05, 0) is 44.0 Å². The van der Waals surface area contributed by atoms with Gasteiger partial charge in [-0.1, -0.05) is 0 Å². The lowest BCUT2D eigenvalue weighted by Crippen LogP contribution is -1.99. The van der Waals surface area contributed by atoms with Gasteiger partial charge in [0.15, 0.2) is 9.84 Å². The Morgan fingerprint density at radius 2 is 1.92 bits per heavy atom. The highest BCUT2D eigenvalue weighted by molar-refractivity contribution is 9.11. The molecule has 0 bridgehead atoms. The molecular formula is C6H5Br2NO2S. The number of hydrogen-bond acceptors (Lipinski definition) is 3. The van der Waals surface area contributed by atoms with Gasteiger partial charge in [0.2, 0.25) is 0 Å². The molecule has 3 nitrogen and oxygen atoms in total. The molecular weight excluding hydrogens is 310 g/mol. The standard InChI is InChI=1S/C6H5Br2NO2S/c1-12(10,11)4-2-3-5(7)9-6(4)8/h2-3H,1H3. The van der Waals surface area contributed by atoms with Crippen molar-refractivity contribution in [2.45, 2.75) is 4.90 Å². The minimum absolute atomic E-state index is 0.200. The normalized spacial score (nSPS) is 11.6. The Hall–Kier alpha value is 0.0600. The highest BCUT2D eigenvalue weighted by Gasteiger charge is 2.12. The van der Waals surface area contributed by atoms with Crippen LogP contribution in [0.15, 0.2) is 26.2 Å². The lowest BCUT2D eigenvalue weighted by molar-refractivity contribution is 0.601. The van der Waals surface area contributed by atoms with Gasteiger partial charge in [-0.15, -0.1) is 0 Å². The molecule has 0 atom stereocenters. The topological polar surface area (TPSA) is 47.0 Å². The summed E-state index contributed by atoms with van der Waals surface area (Å²) in [7, 11) is -3.18. The van der Waals surface area contributed by atoms with E-state index < -0.39 is 9.84 Å². The molecule has 1 aromatic rings. The Morgan fingerprint density at radius 1 is 1.33 bits per heavy atom. The molecule has 0 unspecified atom stereocenters. The molecule has 0 radical (unpaired) electrons. The van der Waals surface area contributed by atoms with Crippen molar-refractivity contribution in [2.75, 3.05) is 6.26 Å². The first-order chi connectivity index (χ1) is 5.41. The van der Waals surface area contributed by atoms with E-state index in [9.17, 15) is 8.42 Å². The van der Waals surface area contributed by atoms with Crippen LogP contribution in [0.3, 0.4) is 0 Å². The summed E-state index contributed by atoms with van der Waals surface area (Å²) in [6, 6.07) is 3.08. The number of nitrogens with zero attached hydrogens (tertiary/aromatic N) is 1. The van der Waals surface area contributed by atoms with Crippen molar-refractivity contribution < 1.29 is 8.42 Å². The summed E-state index contributed by atoms with van der Waals surface area (Å²) < 4.78 is 23.1. The maximum atomic E-state index is 11.1. The minimum Gasteiger partial charge on any atom is -0.233 e. The summed E-state index contributed by atoms with van der Waals surface area (Å²) in [5.74, 6) is 0. The van der Waals surface area contributed by atoms with Crippen LogP contribution in [-0.2, 0) is 9.84 Å². The van der Waals surface area contributed by atoms with Crippen LogP contribution in [0.1, 0.15) is 0 Å². The Bertz CT molecular complexity index is 402. The van der Waals surface area contributed by atoms with E-state index in [1.165, 1.54) is 6.07 Å². The Morgan fingerprint density at radius 3 is 2.33 bits per heavy atom. The van der Waals surface area contributed by atoms with Crippen molar-refractivity contribution >= 4 is 41.7 Å². The zero-order chi connectivity index (χ0) is 9.35. The molecule has 66 valence electrons. The highest BCUT2D eigenvalue weighted by atomic mass is 79.9. The van der Waals surface area contributed by atoms with Gasteiger partial charge in [0.1, 0.15) is 9.21 Å². The largest absolute Gasteiger partial charge is 0.233 e. The second-order valence-electron chi connectivity index (χ2n) is 2.20. The minimum atomic E-state index is -3.18. The zero-order valence-electron chi connectivity index (χ0n) is 6.08. The van der Waals surface area contributed by atoms with Crippen LogP contribution in [0.2, 0.25) is 0 Å². The number of sulfone groups is 1. The third-order valence-electron chi connectivity index (χ3n) is 1.18. The fourth-order valence-electron chi connectivity index (χ4n) is 0.676. The molecule has 1 rings (SSSR count). The summed E-state index contributed by atoms with van der Waals surface area (Å²) in [5.41, 5.74) is 0. The van der Waals surface area contributed by atoms with E-state index in [0.29, 0.717) is 9.21 Å². The molecule has 0 aliphatic heterocycles. The summed E-state index contributed by atoms with van der Waals surface area (Å²) in [5, 5.41) is 0. The molecule has 6 heteroatoms. The third kappa shape index (κ3) is 2.27. The van der Waals surface area contributed by atoms with E-state index in [2.05, 4.69) is 36.8 Å². The third-order valence-corrected chi connectivity index (χ3v) is 3.62. The first-order valence-corrected chi connectivity index (χ1v) is 6.41. The molecule has 0 amide bonds. The van der Waals surface area contributed by atoms with Gasteiger partial charge < -0.3 is 0 Å². The number of halogens is 2. The predicted molar refractivity (Wildman–Crippen MR) is 52.7 cm³/mol. The first kappa shape index (κ1) is 10.1. The van der Waals surface area contributed by atoms with Crippen LogP contribution >= 0.6 is 31.9 Å². The van der Waals surface area contributed by atoms with Crippen molar-refractivity contribution in [1.29, 1.82) is 0 Å². The molecule has 1 heterocycles. The van der Waals surface area contributed by atoms with Crippen molar-refractivity contribution in [1.82, 2.24) is 4.98 Å².